The SMILES string of the molecule is CCNC(C)c1nc(COc2ccccc2)no1. The van der Waals surface area contributed by atoms with E-state index in [2.05, 4.69) is 15.5 Å². The van der Waals surface area contributed by atoms with E-state index in [-0.39, 0.29) is 6.04 Å². The normalized spacial score (nSPS) is 12.3. The lowest BCUT2D eigenvalue weighted by molar-refractivity contribution is 0.283. The Morgan fingerprint density at radius 1 is 1.33 bits per heavy atom. The largest absolute Gasteiger partial charge is 0.485 e. The van der Waals surface area contributed by atoms with Crippen LogP contribution in [0.2, 0.25) is 0 Å². The highest BCUT2D eigenvalue weighted by Gasteiger charge is 2.13. The quantitative estimate of drug-likeness (QED) is 0.848. The highest BCUT2D eigenvalue weighted by molar-refractivity contribution is 5.20. The minimum Gasteiger partial charge on any atom is -0.485 e. The van der Waals surface area contributed by atoms with Crippen LogP contribution in [0, 0.1) is 0 Å². The van der Waals surface area contributed by atoms with Gasteiger partial charge in [0, 0.05) is 0 Å². The molecule has 0 bridgehead atoms. The van der Waals surface area contributed by atoms with Crippen LogP contribution in [0.4, 0.5) is 0 Å². The maximum absolute atomic E-state index is 5.54. The molecule has 0 radical (unpaired) electrons. The number of nitrogens with zero attached hydrogens (tertiary/aromatic N) is 2. The molecule has 0 fully saturated rings. The number of benzene rings is 1. The molecule has 0 aliphatic heterocycles. The molecule has 2 rings (SSSR count). The van der Waals surface area contributed by atoms with Crippen LogP contribution in [-0.2, 0) is 6.61 Å². The van der Waals surface area contributed by atoms with Crippen LogP contribution in [0.5, 0.6) is 5.75 Å². The van der Waals surface area contributed by atoms with E-state index in [9.17, 15) is 0 Å². The Morgan fingerprint density at radius 3 is 2.83 bits per heavy atom. The zero-order valence-electron chi connectivity index (χ0n) is 10.6. The van der Waals surface area contributed by atoms with Crippen molar-refractivity contribution in [2.45, 2.75) is 26.5 Å². The fourth-order valence-electron chi connectivity index (χ4n) is 1.56. The van der Waals surface area contributed by atoms with Crippen molar-refractivity contribution in [2.24, 2.45) is 0 Å². The lowest BCUT2D eigenvalue weighted by atomic mass is 10.3. The number of rotatable bonds is 6. The molecule has 0 saturated heterocycles. The second kappa shape index (κ2) is 6.16. The number of hydrogen-bond donors (Lipinski definition) is 1. The van der Waals surface area contributed by atoms with E-state index in [1.54, 1.807) is 0 Å². The molecule has 5 nitrogen and oxygen atoms in total. The third-order valence-electron chi connectivity index (χ3n) is 2.48. The first-order chi connectivity index (χ1) is 8.79. The van der Waals surface area contributed by atoms with Gasteiger partial charge in [0.25, 0.3) is 0 Å². The van der Waals surface area contributed by atoms with Gasteiger partial charge in [-0.05, 0) is 25.6 Å². The molecule has 2 aromatic rings. The summed E-state index contributed by atoms with van der Waals surface area (Å²) in [4.78, 5) is 4.28. The van der Waals surface area contributed by atoms with Gasteiger partial charge in [-0.15, -0.1) is 0 Å². The van der Waals surface area contributed by atoms with Crippen LogP contribution in [0.25, 0.3) is 0 Å². The number of aromatic nitrogens is 2. The highest BCUT2D eigenvalue weighted by Crippen LogP contribution is 2.12. The van der Waals surface area contributed by atoms with Crippen LogP contribution in [0.15, 0.2) is 34.9 Å². The van der Waals surface area contributed by atoms with Crippen LogP contribution in [-0.4, -0.2) is 16.7 Å². The van der Waals surface area contributed by atoms with Gasteiger partial charge < -0.3 is 14.6 Å². The van der Waals surface area contributed by atoms with Crippen LogP contribution in [0.1, 0.15) is 31.6 Å². The molecule has 5 heteroatoms. The van der Waals surface area contributed by atoms with Gasteiger partial charge in [-0.25, -0.2) is 0 Å². The predicted molar refractivity (Wildman–Crippen MR) is 67.2 cm³/mol. The third-order valence-corrected chi connectivity index (χ3v) is 2.48. The maximum atomic E-state index is 5.54. The summed E-state index contributed by atoms with van der Waals surface area (Å²) in [5, 5.41) is 7.10. The van der Waals surface area contributed by atoms with Gasteiger partial charge in [0.15, 0.2) is 6.61 Å². The summed E-state index contributed by atoms with van der Waals surface area (Å²) in [6.45, 7) is 5.19. The van der Waals surface area contributed by atoms with Crippen LogP contribution in [0.3, 0.4) is 0 Å². The fourth-order valence-corrected chi connectivity index (χ4v) is 1.56. The molecule has 0 spiro atoms. The standard InChI is InChI=1S/C13H17N3O2/c1-3-14-10(2)13-15-12(16-18-13)9-17-11-7-5-4-6-8-11/h4-8,10,14H,3,9H2,1-2H3. The number of hydrogen-bond acceptors (Lipinski definition) is 5. The van der Waals surface area contributed by atoms with Gasteiger partial charge in [-0.2, -0.15) is 4.98 Å². The molecule has 18 heavy (non-hydrogen) atoms. The minimum absolute atomic E-state index is 0.0629. The van der Waals surface area contributed by atoms with Gasteiger partial charge in [-0.3, -0.25) is 0 Å². The molecule has 1 N–H and O–H groups in total. The van der Waals surface area contributed by atoms with Gasteiger partial charge in [0.1, 0.15) is 5.75 Å². The molecular weight excluding hydrogens is 230 g/mol. The average Bonchev–Trinajstić information content (AvgIpc) is 2.87. The summed E-state index contributed by atoms with van der Waals surface area (Å²) in [6.07, 6.45) is 0. The van der Waals surface area contributed by atoms with Crippen molar-refractivity contribution in [1.82, 2.24) is 15.5 Å². The lowest BCUT2D eigenvalue weighted by Gasteiger charge is -2.05. The Labute approximate surface area is 106 Å². The molecule has 1 atom stereocenters. The monoisotopic (exact) mass is 247 g/mol. The Hall–Kier alpha value is -1.88. The third kappa shape index (κ3) is 3.30. The molecule has 1 unspecified atom stereocenters. The maximum Gasteiger partial charge on any atom is 0.243 e. The van der Waals surface area contributed by atoms with Crippen molar-refractivity contribution in [2.75, 3.05) is 6.54 Å². The molecular formula is C13H17N3O2. The van der Waals surface area contributed by atoms with Crippen LogP contribution >= 0.6 is 0 Å². The zero-order valence-corrected chi connectivity index (χ0v) is 10.6. The molecule has 1 aromatic heterocycles. The van der Waals surface area contributed by atoms with E-state index in [1.165, 1.54) is 0 Å². The van der Waals surface area contributed by atoms with E-state index in [1.807, 2.05) is 44.2 Å². The second-order valence-corrected chi connectivity index (χ2v) is 3.93. The van der Waals surface area contributed by atoms with Crippen molar-refractivity contribution in [1.29, 1.82) is 0 Å². The fraction of sp³-hybridized carbons (Fsp3) is 0.385. The van der Waals surface area contributed by atoms with E-state index in [0.29, 0.717) is 18.3 Å². The number of para-hydroxylation sites is 1. The first-order valence-electron chi connectivity index (χ1n) is 6.03. The predicted octanol–water partition coefficient (Wildman–Crippen LogP) is 2.32. The topological polar surface area (TPSA) is 60.2 Å². The highest BCUT2D eigenvalue weighted by atomic mass is 16.5. The zero-order chi connectivity index (χ0) is 12.8. The first-order valence-corrected chi connectivity index (χ1v) is 6.03. The van der Waals surface area contributed by atoms with E-state index in [0.717, 1.165) is 12.3 Å². The number of nitrogens with one attached hydrogen (secondary N) is 1. The Kier molecular flexibility index (Phi) is 4.30. The van der Waals surface area contributed by atoms with E-state index in [4.69, 9.17) is 9.26 Å². The van der Waals surface area contributed by atoms with Crippen molar-refractivity contribution in [3.05, 3.63) is 42.0 Å². The van der Waals surface area contributed by atoms with Crippen molar-refractivity contribution in [3.8, 4) is 5.75 Å². The van der Waals surface area contributed by atoms with Crippen LogP contribution < -0.4 is 10.1 Å². The summed E-state index contributed by atoms with van der Waals surface area (Å²) in [7, 11) is 0. The lowest BCUT2D eigenvalue weighted by Crippen LogP contribution is -2.18. The molecule has 96 valence electrons. The molecule has 0 saturated carbocycles. The van der Waals surface area contributed by atoms with Crippen molar-refractivity contribution >= 4 is 0 Å². The Morgan fingerprint density at radius 2 is 2.11 bits per heavy atom. The smallest absolute Gasteiger partial charge is 0.243 e. The number of ether oxygens (including phenoxy) is 1. The molecule has 1 aromatic carbocycles. The van der Waals surface area contributed by atoms with Gasteiger partial charge in [0.05, 0.1) is 6.04 Å². The van der Waals surface area contributed by atoms with E-state index >= 15 is 0 Å². The summed E-state index contributed by atoms with van der Waals surface area (Å²) in [5.41, 5.74) is 0. The van der Waals surface area contributed by atoms with Crippen molar-refractivity contribution in [3.63, 3.8) is 0 Å². The summed E-state index contributed by atoms with van der Waals surface area (Å²) >= 11 is 0. The summed E-state index contributed by atoms with van der Waals surface area (Å²) in [6, 6.07) is 9.63. The molecule has 0 aliphatic carbocycles. The van der Waals surface area contributed by atoms with E-state index < -0.39 is 0 Å². The molecule has 0 amide bonds. The molecule has 1 heterocycles. The first kappa shape index (κ1) is 12.6. The molecule has 0 aliphatic rings. The van der Waals surface area contributed by atoms with Gasteiger partial charge in [-0.1, -0.05) is 30.3 Å². The minimum atomic E-state index is 0.0629. The summed E-state index contributed by atoms with van der Waals surface area (Å²) < 4.78 is 10.7. The average molecular weight is 247 g/mol. The second-order valence-electron chi connectivity index (χ2n) is 3.93. The Bertz CT molecular complexity index is 470. The summed E-state index contributed by atoms with van der Waals surface area (Å²) in [5.74, 6) is 1.94. The van der Waals surface area contributed by atoms with Gasteiger partial charge in [0.2, 0.25) is 11.7 Å². The van der Waals surface area contributed by atoms with Gasteiger partial charge >= 0.3 is 0 Å². The van der Waals surface area contributed by atoms with Crippen molar-refractivity contribution < 1.29 is 9.26 Å². The Balaban J connectivity index is 1.91.